The van der Waals surface area contributed by atoms with Crippen molar-refractivity contribution in [2.24, 2.45) is 0 Å². The lowest BCUT2D eigenvalue weighted by atomic mass is 9.90. The average molecular weight is 571 g/mol. The Hall–Kier alpha value is -4.08. The second-order valence-electron chi connectivity index (χ2n) is 11.7. The van der Waals surface area contributed by atoms with Crippen LogP contribution in [0.2, 0.25) is 0 Å². The quantitative estimate of drug-likeness (QED) is 0.230. The summed E-state index contributed by atoms with van der Waals surface area (Å²) in [5.74, 6) is 0.690. The summed E-state index contributed by atoms with van der Waals surface area (Å²) in [6, 6.07) is 32.8. The third-order valence-corrected chi connectivity index (χ3v) is 8.62. The molecule has 4 aromatic carbocycles. The largest absolute Gasteiger partial charge is 0.388 e. The molecule has 0 aliphatic heterocycles. The van der Waals surface area contributed by atoms with Gasteiger partial charge in [-0.05, 0) is 90.3 Å². The normalized spacial score (nSPS) is 17.6. The molecule has 0 saturated heterocycles. The molecule has 4 aromatic rings. The van der Waals surface area contributed by atoms with E-state index < -0.39 is 0 Å². The first-order chi connectivity index (χ1) is 21.1. The number of hydrogen-bond donors (Lipinski definition) is 1. The fourth-order valence-corrected chi connectivity index (χ4v) is 6.24. The number of fused-ring (bicyclic) bond motifs is 4. The molecule has 4 aliphatic rings. The molecule has 0 heterocycles. The van der Waals surface area contributed by atoms with Crippen molar-refractivity contribution in [3.8, 4) is 0 Å². The molecule has 0 bridgehead atoms. The number of allylic oxidation sites excluding steroid dienone is 1. The molecular formula is C40H42O3. The highest BCUT2D eigenvalue weighted by atomic mass is 16.3. The zero-order chi connectivity index (χ0) is 29.9. The van der Waals surface area contributed by atoms with Crippen molar-refractivity contribution in [3.05, 3.63) is 148 Å². The van der Waals surface area contributed by atoms with Crippen LogP contribution in [0.4, 0.5) is 0 Å². The van der Waals surface area contributed by atoms with Gasteiger partial charge in [0.05, 0.1) is 6.10 Å². The van der Waals surface area contributed by atoms with Gasteiger partial charge in [-0.15, -0.1) is 0 Å². The number of benzene rings is 4. The Morgan fingerprint density at radius 1 is 0.558 bits per heavy atom. The maximum Gasteiger partial charge on any atom is 0.163 e. The number of aliphatic hydroxyl groups excluding tert-OH is 1. The van der Waals surface area contributed by atoms with Crippen LogP contribution in [-0.4, -0.2) is 16.7 Å². The van der Waals surface area contributed by atoms with E-state index >= 15 is 0 Å². The van der Waals surface area contributed by atoms with E-state index in [0.29, 0.717) is 18.0 Å². The fraction of sp³-hybridized carbons (Fsp3) is 0.300. The molecule has 1 N–H and O–H groups in total. The Bertz CT molecular complexity index is 1560. The van der Waals surface area contributed by atoms with Crippen molar-refractivity contribution in [1.82, 2.24) is 0 Å². The van der Waals surface area contributed by atoms with Gasteiger partial charge in [0.25, 0.3) is 0 Å². The van der Waals surface area contributed by atoms with Gasteiger partial charge in [-0.1, -0.05) is 109 Å². The first-order valence-corrected chi connectivity index (χ1v) is 15.8. The van der Waals surface area contributed by atoms with Crippen LogP contribution in [0, 0.1) is 0 Å². The van der Waals surface area contributed by atoms with Crippen molar-refractivity contribution in [3.63, 3.8) is 0 Å². The van der Waals surface area contributed by atoms with E-state index in [0.717, 1.165) is 62.5 Å². The zero-order valence-electron chi connectivity index (χ0n) is 25.0. The number of Topliss-reactive ketones (excluding diaryl/α,β-unsaturated/α-hetero) is 2. The summed E-state index contributed by atoms with van der Waals surface area (Å²) >= 11 is 0. The predicted molar refractivity (Wildman–Crippen MR) is 175 cm³/mol. The fourth-order valence-electron chi connectivity index (χ4n) is 6.24. The Morgan fingerprint density at radius 2 is 1.21 bits per heavy atom. The van der Waals surface area contributed by atoms with Crippen LogP contribution >= 0.6 is 0 Å². The molecule has 0 amide bonds. The Labute approximate surface area is 256 Å². The average Bonchev–Trinajstić information content (AvgIpc) is 3.06. The van der Waals surface area contributed by atoms with Crippen molar-refractivity contribution in [2.45, 2.75) is 76.7 Å². The molecule has 1 unspecified atom stereocenters. The Morgan fingerprint density at radius 3 is 1.98 bits per heavy atom. The van der Waals surface area contributed by atoms with Crippen LogP contribution in [0.15, 0.2) is 103 Å². The molecule has 220 valence electrons. The van der Waals surface area contributed by atoms with Gasteiger partial charge in [-0.25, -0.2) is 0 Å². The third-order valence-electron chi connectivity index (χ3n) is 8.62. The maximum absolute atomic E-state index is 11.3. The van der Waals surface area contributed by atoms with Crippen molar-refractivity contribution in [2.75, 3.05) is 0 Å². The van der Waals surface area contributed by atoms with Crippen LogP contribution in [0.3, 0.4) is 0 Å². The molecule has 3 heteroatoms. The van der Waals surface area contributed by atoms with Crippen molar-refractivity contribution >= 4 is 17.6 Å². The summed E-state index contributed by atoms with van der Waals surface area (Å²) in [5.41, 5.74) is 10.1. The first-order valence-electron chi connectivity index (χ1n) is 15.8. The van der Waals surface area contributed by atoms with Crippen LogP contribution in [0.1, 0.15) is 93.9 Å². The molecule has 0 saturated carbocycles. The van der Waals surface area contributed by atoms with E-state index in [-0.39, 0.29) is 6.10 Å². The van der Waals surface area contributed by atoms with Gasteiger partial charge in [0, 0.05) is 24.8 Å². The molecular weight excluding hydrogens is 528 g/mol. The van der Waals surface area contributed by atoms with Crippen LogP contribution < -0.4 is 0 Å². The third kappa shape index (κ3) is 8.49. The number of aliphatic hydroxyl groups is 1. The van der Waals surface area contributed by atoms with Gasteiger partial charge >= 0.3 is 0 Å². The maximum atomic E-state index is 11.3. The van der Waals surface area contributed by atoms with Gasteiger partial charge in [0.15, 0.2) is 5.78 Å². The second kappa shape index (κ2) is 15.4. The highest BCUT2D eigenvalue weighted by Gasteiger charge is 2.17. The van der Waals surface area contributed by atoms with E-state index in [4.69, 9.17) is 0 Å². The standard InChI is InChI=1S/C10H12O.2C10H10O.C10H10/c2*11-10-7-3-5-8-4-1-2-6-9(8)10;11-10-6-5-8-3-1-2-4-9(8)7-10;1-2-6-10-8-4-3-7-9(10)5-1/h1-2,4,6,10-11H,3,5,7H2;1-2,4,6H,3,5,7H2;1-4H,5-7H2;1-3,5-7H,4,8H2. The summed E-state index contributed by atoms with van der Waals surface area (Å²) in [4.78, 5) is 22.3. The molecule has 8 rings (SSSR count). The number of ketones is 2. The molecule has 0 fully saturated rings. The van der Waals surface area contributed by atoms with Crippen LogP contribution in [-0.2, 0) is 36.9 Å². The Kier molecular flexibility index (Phi) is 10.9. The van der Waals surface area contributed by atoms with Gasteiger partial charge in [-0.2, -0.15) is 0 Å². The SMILES string of the molecule is C1=Cc2ccccc2CC1.O=C1CCCc2ccccc21.O=C1CCc2ccccc2C1.OC1CCCc2ccccc21. The molecule has 0 radical (unpaired) electrons. The lowest BCUT2D eigenvalue weighted by Gasteiger charge is -2.20. The summed E-state index contributed by atoms with van der Waals surface area (Å²) < 4.78 is 0. The monoisotopic (exact) mass is 570 g/mol. The molecule has 3 nitrogen and oxygen atoms in total. The minimum absolute atomic E-state index is 0.208. The Balaban J connectivity index is 0.000000114. The van der Waals surface area contributed by atoms with Gasteiger partial charge in [0.2, 0.25) is 0 Å². The topological polar surface area (TPSA) is 54.4 Å². The molecule has 1 atom stereocenters. The van der Waals surface area contributed by atoms with E-state index in [2.05, 4.69) is 48.6 Å². The number of aryl methyl sites for hydroxylation is 4. The minimum atomic E-state index is -0.208. The number of rotatable bonds is 0. The molecule has 0 aromatic heterocycles. The molecule has 0 spiro atoms. The highest BCUT2D eigenvalue weighted by molar-refractivity contribution is 5.98. The van der Waals surface area contributed by atoms with Gasteiger partial charge in [-0.3, -0.25) is 9.59 Å². The number of carbonyl (C=O) groups excluding carboxylic acids is 2. The van der Waals surface area contributed by atoms with E-state index in [9.17, 15) is 14.7 Å². The van der Waals surface area contributed by atoms with Crippen LogP contribution in [0.25, 0.3) is 6.08 Å². The number of hydrogen-bond acceptors (Lipinski definition) is 3. The summed E-state index contributed by atoms with van der Waals surface area (Å²) in [7, 11) is 0. The van der Waals surface area contributed by atoms with Gasteiger partial charge in [0.1, 0.15) is 5.78 Å². The lowest BCUT2D eigenvalue weighted by Crippen LogP contribution is -2.12. The molecule has 4 aliphatic carbocycles. The second-order valence-corrected chi connectivity index (χ2v) is 11.7. The van der Waals surface area contributed by atoms with E-state index in [1.807, 2.05) is 60.7 Å². The first kappa shape index (κ1) is 30.4. The lowest BCUT2D eigenvalue weighted by molar-refractivity contribution is -0.118. The summed E-state index contributed by atoms with van der Waals surface area (Å²) in [6.07, 6.45) is 15.0. The van der Waals surface area contributed by atoms with Crippen molar-refractivity contribution in [1.29, 1.82) is 0 Å². The zero-order valence-corrected chi connectivity index (χ0v) is 25.0. The highest BCUT2D eigenvalue weighted by Crippen LogP contribution is 2.28. The summed E-state index contributed by atoms with van der Waals surface area (Å²) in [5, 5.41) is 9.56. The van der Waals surface area contributed by atoms with E-state index in [1.54, 1.807) is 0 Å². The van der Waals surface area contributed by atoms with Crippen molar-refractivity contribution < 1.29 is 14.7 Å². The molecule has 43 heavy (non-hydrogen) atoms. The van der Waals surface area contributed by atoms with Gasteiger partial charge < -0.3 is 5.11 Å². The minimum Gasteiger partial charge on any atom is -0.388 e. The predicted octanol–water partition coefficient (Wildman–Crippen LogP) is 8.65. The smallest absolute Gasteiger partial charge is 0.163 e. The van der Waals surface area contributed by atoms with E-state index in [1.165, 1.54) is 46.2 Å². The van der Waals surface area contributed by atoms with Crippen LogP contribution in [0.5, 0.6) is 0 Å². The number of carbonyl (C=O) groups is 2. The summed E-state index contributed by atoms with van der Waals surface area (Å²) in [6.45, 7) is 0.